The number of benzene rings is 1. The van der Waals surface area contributed by atoms with E-state index in [1.165, 1.54) is 36.8 Å². The smallest absolute Gasteiger partial charge is 0.270 e. The number of hydrogen-bond acceptors (Lipinski definition) is 4. The summed E-state index contributed by atoms with van der Waals surface area (Å²) in [4.78, 5) is 21.3. The van der Waals surface area contributed by atoms with Gasteiger partial charge in [0.15, 0.2) is 0 Å². The molecule has 0 spiro atoms. The van der Waals surface area contributed by atoms with E-state index in [4.69, 9.17) is 0 Å². The zero-order chi connectivity index (χ0) is 19.6. The molecule has 2 aromatic rings. The largest absolute Gasteiger partial charge is 0.354 e. The van der Waals surface area contributed by atoms with Crippen LogP contribution in [-0.2, 0) is 6.42 Å². The zero-order valence-corrected chi connectivity index (χ0v) is 16.7. The van der Waals surface area contributed by atoms with Crippen LogP contribution in [0.5, 0.6) is 0 Å². The molecule has 1 heterocycles. The van der Waals surface area contributed by atoms with Crippen molar-refractivity contribution in [2.24, 2.45) is 0 Å². The van der Waals surface area contributed by atoms with Crippen LogP contribution in [0.15, 0.2) is 48.0 Å². The van der Waals surface area contributed by atoms with E-state index < -0.39 is 0 Å². The summed E-state index contributed by atoms with van der Waals surface area (Å²) in [6, 6.07) is 12.2. The quantitative estimate of drug-likeness (QED) is 0.500. The van der Waals surface area contributed by atoms with Crippen molar-refractivity contribution in [3.63, 3.8) is 0 Å². The molecule has 0 unspecified atom stereocenters. The van der Waals surface area contributed by atoms with Crippen molar-refractivity contribution in [2.45, 2.75) is 51.9 Å². The molecule has 1 aromatic heterocycles. The Hall–Kier alpha value is -2.69. The number of hydrogen-bond donors (Lipinski definition) is 2. The average molecular weight is 379 g/mol. The number of carbonyl (C=O) groups is 1. The van der Waals surface area contributed by atoms with Crippen LogP contribution in [0.3, 0.4) is 0 Å². The summed E-state index contributed by atoms with van der Waals surface area (Å²) in [7, 11) is 0. The number of allylic oxidation sites excluding steroid dienone is 1. The third kappa shape index (κ3) is 6.48. The number of carbonyl (C=O) groups excluding carboxylic acids is 1. The van der Waals surface area contributed by atoms with E-state index in [2.05, 4.69) is 50.9 Å². The van der Waals surface area contributed by atoms with Gasteiger partial charge in [-0.3, -0.25) is 4.79 Å². The molecule has 0 saturated carbocycles. The third-order valence-corrected chi connectivity index (χ3v) is 4.97. The lowest BCUT2D eigenvalue weighted by Gasteiger charge is -2.13. The maximum Gasteiger partial charge on any atom is 0.270 e. The van der Waals surface area contributed by atoms with Gasteiger partial charge < -0.3 is 10.6 Å². The lowest BCUT2D eigenvalue weighted by Crippen LogP contribution is -2.26. The van der Waals surface area contributed by atoms with Gasteiger partial charge in [-0.1, -0.05) is 42.0 Å². The number of rotatable bonds is 9. The van der Waals surface area contributed by atoms with Gasteiger partial charge in [-0.15, -0.1) is 0 Å². The average Bonchev–Trinajstić information content (AvgIpc) is 2.72. The molecule has 1 aliphatic rings. The molecular formula is C23H30N4O. The SMILES string of the molecule is Cc1cc(C(=O)NCCC2=CCCCC2)nc(NCCCc2ccccc2)n1. The van der Waals surface area contributed by atoms with Gasteiger partial charge >= 0.3 is 0 Å². The highest BCUT2D eigenvalue weighted by atomic mass is 16.1. The molecule has 148 valence electrons. The Kier molecular flexibility index (Phi) is 7.59. The molecule has 1 amide bonds. The molecule has 3 rings (SSSR count). The molecule has 1 aliphatic carbocycles. The van der Waals surface area contributed by atoms with Crippen molar-refractivity contribution >= 4 is 11.9 Å². The minimum Gasteiger partial charge on any atom is -0.354 e. The monoisotopic (exact) mass is 378 g/mol. The van der Waals surface area contributed by atoms with Crippen LogP contribution >= 0.6 is 0 Å². The van der Waals surface area contributed by atoms with Crippen LogP contribution in [0.4, 0.5) is 5.95 Å². The fraction of sp³-hybridized carbons (Fsp3) is 0.435. The highest BCUT2D eigenvalue weighted by Gasteiger charge is 2.11. The van der Waals surface area contributed by atoms with Gasteiger partial charge in [-0.25, -0.2) is 9.97 Å². The Balaban J connectivity index is 1.46. The normalized spacial score (nSPS) is 13.7. The first-order valence-electron chi connectivity index (χ1n) is 10.3. The fourth-order valence-corrected chi connectivity index (χ4v) is 3.46. The lowest BCUT2D eigenvalue weighted by molar-refractivity contribution is 0.0949. The maximum atomic E-state index is 12.5. The van der Waals surface area contributed by atoms with E-state index in [1.54, 1.807) is 6.07 Å². The summed E-state index contributed by atoms with van der Waals surface area (Å²) >= 11 is 0. The molecule has 0 radical (unpaired) electrons. The number of nitrogens with one attached hydrogen (secondary N) is 2. The minimum atomic E-state index is -0.130. The molecule has 0 aliphatic heterocycles. The van der Waals surface area contributed by atoms with Crippen molar-refractivity contribution in [1.82, 2.24) is 15.3 Å². The van der Waals surface area contributed by atoms with E-state index in [9.17, 15) is 4.79 Å². The molecule has 5 nitrogen and oxygen atoms in total. The third-order valence-electron chi connectivity index (χ3n) is 4.97. The Labute approximate surface area is 167 Å². The van der Waals surface area contributed by atoms with E-state index in [0.29, 0.717) is 18.2 Å². The van der Waals surface area contributed by atoms with Crippen molar-refractivity contribution in [1.29, 1.82) is 0 Å². The van der Waals surface area contributed by atoms with Crippen molar-refractivity contribution < 1.29 is 4.79 Å². The molecule has 0 fully saturated rings. The van der Waals surface area contributed by atoms with E-state index in [1.807, 2.05) is 13.0 Å². The zero-order valence-electron chi connectivity index (χ0n) is 16.7. The van der Waals surface area contributed by atoms with Crippen LogP contribution < -0.4 is 10.6 Å². The molecule has 2 N–H and O–H groups in total. The van der Waals surface area contributed by atoms with Crippen LogP contribution in [0, 0.1) is 6.92 Å². The molecule has 0 saturated heterocycles. The Morgan fingerprint density at radius 2 is 1.93 bits per heavy atom. The highest BCUT2D eigenvalue weighted by Crippen LogP contribution is 2.19. The van der Waals surface area contributed by atoms with Crippen LogP contribution in [0.1, 0.15) is 60.3 Å². The molecule has 28 heavy (non-hydrogen) atoms. The van der Waals surface area contributed by atoms with Crippen molar-refractivity contribution in [2.75, 3.05) is 18.4 Å². The lowest BCUT2D eigenvalue weighted by atomic mass is 9.97. The van der Waals surface area contributed by atoms with Gasteiger partial charge in [0.25, 0.3) is 5.91 Å². The summed E-state index contributed by atoms with van der Waals surface area (Å²) in [5.74, 6) is 0.391. The molecule has 0 bridgehead atoms. The highest BCUT2D eigenvalue weighted by molar-refractivity contribution is 5.92. The number of aromatic nitrogens is 2. The van der Waals surface area contributed by atoms with Crippen LogP contribution in [0.25, 0.3) is 0 Å². The second kappa shape index (κ2) is 10.6. The first-order valence-corrected chi connectivity index (χ1v) is 10.3. The van der Waals surface area contributed by atoms with Gasteiger partial charge in [0.05, 0.1) is 0 Å². The van der Waals surface area contributed by atoms with E-state index in [-0.39, 0.29) is 5.91 Å². The topological polar surface area (TPSA) is 66.9 Å². The Morgan fingerprint density at radius 3 is 2.71 bits per heavy atom. The molecule has 0 atom stereocenters. The molecule has 5 heteroatoms. The number of aryl methyl sites for hydroxylation is 2. The van der Waals surface area contributed by atoms with Gasteiger partial charge in [-0.2, -0.15) is 0 Å². The Morgan fingerprint density at radius 1 is 1.07 bits per heavy atom. The number of amides is 1. The summed E-state index contributed by atoms with van der Waals surface area (Å²) in [5, 5.41) is 6.24. The molecule has 1 aromatic carbocycles. The predicted octanol–water partition coefficient (Wildman–Crippen LogP) is 4.45. The molecular weight excluding hydrogens is 348 g/mol. The second-order valence-corrected chi connectivity index (χ2v) is 7.35. The standard InChI is InChI=1S/C23H30N4O/c1-18-17-21(22(28)24-16-14-20-11-6-3-7-12-20)27-23(26-18)25-15-8-13-19-9-4-2-5-10-19/h2,4-5,9-11,17H,3,6-8,12-16H2,1H3,(H,24,28)(H,25,26,27). The van der Waals surface area contributed by atoms with Gasteiger partial charge in [0.1, 0.15) is 5.69 Å². The minimum absolute atomic E-state index is 0.130. The van der Waals surface area contributed by atoms with Crippen molar-refractivity contribution in [3.05, 3.63) is 65.0 Å². The van der Waals surface area contributed by atoms with Gasteiger partial charge in [-0.05, 0) is 63.5 Å². The first kappa shape index (κ1) is 20.1. The fourth-order valence-electron chi connectivity index (χ4n) is 3.46. The summed E-state index contributed by atoms with van der Waals surface area (Å²) < 4.78 is 0. The number of nitrogens with zero attached hydrogens (tertiary/aromatic N) is 2. The van der Waals surface area contributed by atoms with Crippen LogP contribution in [-0.4, -0.2) is 29.0 Å². The number of anilines is 1. The summed E-state index contributed by atoms with van der Waals surface area (Å²) in [6.45, 7) is 3.32. The van der Waals surface area contributed by atoms with Crippen molar-refractivity contribution in [3.8, 4) is 0 Å². The van der Waals surface area contributed by atoms with Crippen LogP contribution in [0.2, 0.25) is 0 Å². The first-order chi connectivity index (χ1) is 13.7. The van der Waals surface area contributed by atoms with E-state index >= 15 is 0 Å². The Bertz CT molecular complexity index is 802. The predicted molar refractivity (Wildman–Crippen MR) is 114 cm³/mol. The van der Waals surface area contributed by atoms with Gasteiger partial charge in [0.2, 0.25) is 5.95 Å². The maximum absolute atomic E-state index is 12.5. The summed E-state index contributed by atoms with van der Waals surface area (Å²) in [5.41, 5.74) is 4.00. The van der Waals surface area contributed by atoms with Gasteiger partial charge in [0, 0.05) is 18.8 Å². The second-order valence-electron chi connectivity index (χ2n) is 7.35. The summed E-state index contributed by atoms with van der Waals surface area (Å²) in [6.07, 6.45) is 10.1. The van der Waals surface area contributed by atoms with E-state index in [0.717, 1.165) is 31.5 Å².